The number of carbonyl (C=O) groups excluding carboxylic acids is 3. The minimum absolute atomic E-state index is 0.0196. The molecule has 0 spiro atoms. The van der Waals surface area contributed by atoms with Crippen LogP contribution in [0, 0.1) is 11.7 Å². The molecule has 0 bridgehead atoms. The van der Waals surface area contributed by atoms with Crippen molar-refractivity contribution in [3.05, 3.63) is 66.2 Å². The molecule has 2 fully saturated rings. The molecule has 5 amide bonds. The molecule has 2 aliphatic rings. The number of halogens is 1. The minimum Gasteiger partial charge on any atom is -0.453 e. The molecule has 0 radical (unpaired) electrons. The highest BCUT2D eigenvalue weighted by Gasteiger charge is 2.26. The van der Waals surface area contributed by atoms with E-state index in [1.807, 2.05) is 24.0 Å². The van der Waals surface area contributed by atoms with Crippen LogP contribution in [0.2, 0.25) is 0 Å². The largest absolute Gasteiger partial charge is 0.453 e. The number of piperidine rings is 1. The van der Waals surface area contributed by atoms with Gasteiger partial charge in [0.2, 0.25) is 0 Å². The summed E-state index contributed by atoms with van der Waals surface area (Å²) in [6.45, 7) is 4.31. The third-order valence-corrected chi connectivity index (χ3v) is 9.20. The van der Waals surface area contributed by atoms with Crippen LogP contribution in [0.1, 0.15) is 43.0 Å². The zero-order valence-corrected chi connectivity index (χ0v) is 25.6. The molecule has 234 valence electrons. The van der Waals surface area contributed by atoms with E-state index in [2.05, 4.69) is 20.6 Å². The number of anilines is 1. The van der Waals surface area contributed by atoms with Gasteiger partial charge in [-0.05, 0) is 68.9 Å². The standard InChI is InChI=1S/C32H34FN7O4S/c1-2-39(31(34)42)18-19-10-13-40(14-11-19)30(41)20-3-7-24(36-17-20)28-16-25-29(45-28)27(9-12-35-25)44-26-8-6-22(15-23(26)33)38-32(43)37-21-4-5-21/h3,6-9,12,15-17,19,21H,2,4-5,10-11,13-14,18H2,1H3,(H2,34,42)(H2,37,38,43). The minimum atomic E-state index is -0.610. The molecular formula is C32H34FN7O4S. The summed E-state index contributed by atoms with van der Waals surface area (Å²) in [5.74, 6) is 0.0904. The first kappa shape index (κ1) is 30.3. The fraction of sp³-hybridized carbons (Fsp3) is 0.344. The molecule has 0 unspecified atom stereocenters. The zero-order valence-electron chi connectivity index (χ0n) is 24.8. The normalized spacial score (nSPS) is 15.1. The summed E-state index contributed by atoms with van der Waals surface area (Å²) in [5.41, 5.74) is 7.63. The van der Waals surface area contributed by atoms with Crippen molar-refractivity contribution in [2.24, 2.45) is 11.7 Å². The first-order chi connectivity index (χ1) is 21.8. The smallest absolute Gasteiger partial charge is 0.319 e. The lowest BCUT2D eigenvalue weighted by molar-refractivity contribution is 0.0674. The first-order valence-electron chi connectivity index (χ1n) is 15.0. The summed E-state index contributed by atoms with van der Waals surface area (Å²) in [6, 6.07) is 10.8. The maximum atomic E-state index is 14.9. The van der Waals surface area contributed by atoms with Crippen LogP contribution in [0.15, 0.2) is 54.9 Å². The third-order valence-electron chi connectivity index (χ3n) is 8.03. The molecule has 1 aliphatic carbocycles. The highest BCUT2D eigenvalue weighted by atomic mass is 32.1. The van der Waals surface area contributed by atoms with E-state index in [0.29, 0.717) is 60.3 Å². The summed E-state index contributed by atoms with van der Waals surface area (Å²) in [6.07, 6.45) is 6.71. The Morgan fingerprint density at radius 2 is 1.87 bits per heavy atom. The molecular weight excluding hydrogens is 597 g/mol. The number of aromatic nitrogens is 2. The second kappa shape index (κ2) is 13.1. The number of likely N-dealkylation sites (tertiary alicyclic amines) is 1. The van der Waals surface area contributed by atoms with Gasteiger partial charge in [-0.2, -0.15) is 0 Å². The van der Waals surface area contributed by atoms with E-state index in [4.69, 9.17) is 10.5 Å². The fourth-order valence-electron chi connectivity index (χ4n) is 5.34. The number of urea groups is 2. The van der Waals surface area contributed by atoms with Crippen LogP contribution >= 0.6 is 11.3 Å². The zero-order chi connectivity index (χ0) is 31.5. The van der Waals surface area contributed by atoms with E-state index in [-0.39, 0.29) is 23.7 Å². The van der Waals surface area contributed by atoms with Crippen molar-refractivity contribution in [3.8, 4) is 22.1 Å². The maximum Gasteiger partial charge on any atom is 0.319 e. The Morgan fingerprint density at radius 3 is 2.53 bits per heavy atom. The van der Waals surface area contributed by atoms with Gasteiger partial charge in [-0.15, -0.1) is 11.3 Å². The lowest BCUT2D eigenvalue weighted by atomic mass is 9.95. The molecule has 3 aromatic heterocycles. The number of carbonyl (C=O) groups is 3. The van der Waals surface area contributed by atoms with Gasteiger partial charge in [0, 0.05) is 62.4 Å². The topological polar surface area (TPSA) is 143 Å². The second-order valence-corrected chi connectivity index (χ2v) is 12.4. The van der Waals surface area contributed by atoms with E-state index in [9.17, 15) is 18.8 Å². The van der Waals surface area contributed by atoms with Crippen LogP contribution in [0.5, 0.6) is 11.5 Å². The number of pyridine rings is 2. The molecule has 13 heteroatoms. The molecule has 1 saturated carbocycles. The number of amides is 5. The van der Waals surface area contributed by atoms with E-state index in [0.717, 1.165) is 35.3 Å². The molecule has 1 aromatic carbocycles. The molecule has 1 aliphatic heterocycles. The van der Waals surface area contributed by atoms with Gasteiger partial charge in [0.25, 0.3) is 5.91 Å². The van der Waals surface area contributed by atoms with E-state index in [1.165, 1.54) is 23.5 Å². The van der Waals surface area contributed by atoms with E-state index in [1.54, 1.807) is 35.5 Å². The van der Waals surface area contributed by atoms with Crippen molar-refractivity contribution in [2.45, 2.75) is 38.6 Å². The number of nitrogens with two attached hydrogens (primary N) is 1. The molecule has 11 nitrogen and oxygen atoms in total. The molecule has 4 heterocycles. The Morgan fingerprint density at radius 1 is 1.07 bits per heavy atom. The number of ether oxygens (including phenoxy) is 1. The number of nitrogens with one attached hydrogen (secondary N) is 2. The van der Waals surface area contributed by atoms with Crippen molar-refractivity contribution in [1.82, 2.24) is 25.1 Å². The number of rotatable bonds is 9. The number of nitrogens with zero attached hydrogens (tertiary/aromatic N) is 4. The highest BCUT2D eigenvalue weighted by molar-refractivity contribution is 7.22. The van der Waals surface area contributed by atoms with E-state index < -0.39 is 11.8 Å². The van der Waals surface area contributed by atoms with E-state index >= 15 is 0 Å². The molecule has 4 N–H and O–H groups in total. The lowest BCUT2D eigenvalue weighted by Gasteiger charge is -2.34. The summed E-state index contributed by atoms with van der Waals surface area (Å²) < 4.78 is 21.6. The van der Waals surface area contributed by atoms with Crippen molar-refractivity contribution >= 4 is 45.2 Å². The number of hydrogen-bond acceptors (Lipinski definition) is 7. The SMILES string of the molecule is CCN(CC1CCN(C(=O)c2ccc(-c3cc4nccc(Oc5ccc(NC(=O)NC6CC6)cc5F)c4s3)nc2)CC1)C(N)=O. The monoisotopic (exact) mass is 631 g/mol. The van der Waals surface area contributed by atoms with Crippen molar-refractivity contribution < 1.29 is 23.5 Å². The first-order valence-corrected chi connectivity index (χ1v) is 15.8. The Kier molecular flexibility index (Phi) is 8.78. The van der Waals surface area contributed by atoms with Gasteiger partial charge < -0.3 is 30.9 Å². The van der Waals surface area contributed by atoms with Crippen LogP contribution < -0.4 is 21.1 Å². The summed E-state index contributed by atoms with van der Waals surface area (Å²) in [7, 11) is 0. The van der Waals surface area contributed by atoms with Crippen LogP contribution in [-0.2, 0) is 0 Å². The number of hydrogen-bond donors (Lipinski definition) is 3. The van der Waals surface area contributed by atoms with Crippen molar-refractivity contribution in [2.75, 3.05) is 31.5 Å². The quantitative estimate of drug-likeness (QED) is 0.212. The molecule has 4 aromatic rings. The van der Waals surface area contributed by atoms with Gasteiger partial charge in [-0.3, -0.25) is 14.8 Å². The van der Waals surface area contributed by atoms with Crippen LogP contribution in [-0.4, -0.2) is 70.0 Å². The van der Waals surface area contributed by atoms with Gasteiger partial charge in [0.15, 0.2) is 11.6 Å². The summed E-state index contributed by atoms with van der Waals surface area (Å²) >= 11 is 1.41. The average molecular weight is 632 g/mol. The molecule has 6 rings (SSSR count). The van der Waals surface area contributed by atoms with Crippen LogP contribution in [0.4, 0.5) is 19.7 Å². The Balaban J connectivity index is 1.10. The number of thiophene rings is 1. The lowest BCUT2D eigenvalue weighted by Crippen LogP contribution is -2.44. The summed E-state index contributed by atoms with van der Waals surface area (Å²) in [5, 5.41) is 5.44. The predicted octanol–water partition coefficient (Wildman–Crippen LogP) is 5.83. The third kappa shape index (κ3) is 7.14. The summed E-state index contributed by atoms with van der Waals surface area (Å²) in [4.78, 5) is 50.0. The number of fused-ring (bicyclic) bond motifs is 1. The molecule has 1 saturated heterocycles. The van der Waals surface area contributed by atoms with Gasteiger partial charge in [-0.1, -0.05) is 0 Å². The fourth-order valence-corrected chi connectivity index (χ4v) is 6.38. The van der Waals surface area contributed by atoms with Gasteiger partial charge in [0.05, 0.1) is 26.4 Å². The average Bonchev–Trinajstić information content (AvgIpc) is 3.74. The highest BCUT2D eigenvalue weighted by Crippen LogP contribution is 2.39. The number of benzene rings is 1. The Labute approximate surface area is 263 Å². The van der Waals surface area contributed by atoms with Gasteiger partial charge >= 0.3 is 12.1 Å². The number of primary amides is 1. The Bertz CT molecular complexity index is 1720. The molecule has 45 heavy (non-hydrogen) atoms. The van der Waals surface area contributed by atoms with Crippen molar-refractivity contribution in [1.29, 1.82) is 0 Å². The second-order valence-electron chi connectivity index (χ2n) is 11.3. The van der Waals surface area contributed by atoms with Gasteiger partial charge in [-0.25, -0.2) is 14.0 Å². The Hall–Kier alpha value is -4.78. The predicted molar refractivity (Wildman–Crippen MR) is 170 cm³/mol. The van der Waals surface area contributed by atoms with Crippen LogP contribution in [0.25, 0.3) is 20.8 Å². The van der Waals surface area contributed by atoms with Crippen LogP contribution in [0.3, 0.4) is 0 Å². The maximum absolute atomic E-state index is 14.9. The molecule has 0 atom stereocenters. The van der Waals surface area contributed by atoms with Crippen molar-refractivity contribution in [3.63, 3.8) is 0 Å². The van der Waals surface area contributed by atoms with Gasteiger partial charge in [0.1, 0.15) is 5.75 Å².